The molecule has 2 aromatic carbocycles. The van der Waals surface area contributed by atoms with E-state index in [0.29, 0.717) is 17.9 Å². The van der Waals surface area contributed by atoms with Crippen molar-refractivity contribution >= 4 is 42.3 Å². The van der Waals surface area contributed by atoms with E-state index in [1.165, 1.54) is 0 Å². The van der Waals surface area contributed by atoms with Gasteiger partial charge in [0.05, 0.1) is 6.04 Å². The number of nitrogens with zero attached hydrogens (tertiary/aromatic N) is 1. The summed E-state index contributed by atoms with van der Waals surface area (Å²) in [6.45, 7) is 0.418. The Kier molecular flexibility index (Phi) is 9.02. The Bertz CT molecular complexity index is 1050. The fraction of sp³-hybridized carbons (Fsp3) is 0.174. The molecule has 2 amide bonds. The van der Waals surface area contributed by atoms with Gasteiger partial charge in [-0.25, -0.2) is 0 Å². The zero-order valence-electron chi connectivity index (χ0n) is 17.1. The third-order valence-electron chi connectivity index (χ3n) is 4.98. The average Bonchev–Trinajstić information content (AvgIpc) is 3.17. The topological polar surface area (TPSA) is 106 Å². The largest absolute Gasteiger partial charge is 0.491 e. The molecule has 0 spiro atoms. The van der Waals surface area contributed by atoms with Crippen molar-refractivity contribution in [3.05, 3.63) is 89.7 Å². The molecule has 0 aliphatic carbocycles. The molecule has 2 atom stereocenters. The number of carbonyl (C=O) groups excluding carboxylic acids is 2. The number of para-hydroxylation sites is 1. The molecule has 1 unspecified atom stereocenters. The maximum Gasteiger partial charge on any atom is 0.255 e. The number of anilines is 1. The molecule has 4 N–H and O–H groups in total. The Labute approximate surface area is 198 Å². The van der Waals surface area contributed by atoms with E-state index in [1.807, 2.05) is 24.3 Å². The van der Waals surface area contributed by atoms with Gasteiger partial charge >= 0.3 is 0 Å². The van der Waals surface area contributed by atoms with Crippen molar-refractivity contribution in [2.75, 3.05) is 11.9 Å². The number of rotatable bonds is 6. The molecule has 0 saturated heterocycles. The molecule has 4 rings (SSSR count). The van der Waals surface area contributed by atoms with Crippen LogP contribution in [0.5, 0.6) is 5.75 Å². The number of carbonyl (C=O) groups is 2. The first kappa shape index (κ1) is 25.1. The smallest absolute Gasteiger partial charge is 0.255 e. The number of amides is 2. The van der Waals surface area contributed by atoms with Crippen molar-refractivity contribution < 1.29 is 14.3 Å². The molecule has 1 aliphatic heterocycles. The van der Waals surface area contributed by atoms with Crippen molar-refractivity contribution in [3.63, 3.8) is 0 Å². The van der Waals surface area contributed by atoms with E-state index in [0.717, 1.165) is 16.9 Å². The van der Waals surface area contributed by atoms with Crippen molar-refractivity contribution in [3.8, 4) is 5.75 Å². The highest BCUT2D eigenvalue weighted by Gasteiger charge is 2.25. The van der Waals surface area contributed by atoms with Crippen LogP contribution in [0.4, 0.5) is 5.69 Å². The SMILES string of the molecule is Cl.Cl.N[C@@H](CC(=O)NC1COc2ccccc21)c1ccc(C(=O)Nc2ccncc2)cc1. The highest BCUT2D eigenvalue weighted by molar-refractivity contribution is 6.04. The van der Waals surface area contributed by atoms with Gasteiger partial charge in [0.2, 0.25) is 5.91 Å². The van der Waals surface area contributed by atoms with Crippen molar-refractivity contribution in [2.24, 2.45) is 5.73 Å². The molecule has 7 nitrogen and oxygen atoms in total. The standard InChI is InChI=1S/C23H22N4O3.2ClH/c24-19(13-22(28)27-20-14-30-21-4-2-1-3-18(20)21)15-5-7-16(8-6-15)23(29)26-17-9-11-25-12-10-17;;/h1-12,19-20H,13-14,24H2,(H,27,28)(H,25,26,29);2*1H/t19-,20?;;/m0../s1. The van der Waals surface area contributed by atoms with Crippen LogP contribution in [0.1, 0.15) is 40.0 Å². The van der Waals surface area contributed by atoms with E-state index >= 15 is 0 Å². The molecule has 32 heavy (non-hydrogen) atoms. The highest BCUT2D eigenvalue weighted by Crippen LogP contribution is 2.31. The van der Waals surface area contributed by atoms with Crippen molar-refractivity contribution in [1.82, 2.24) is 10.3 Å². The van der Waals surface area contributed by atoms with Gasteiger partial charge in [-0.2, -0.15) is 0 Å². The number of hydrogen-bond donors (Lipinski definition) is 3. The summed E-state index contributed by atoms with van der Waals surface area (Å²) in [4.78, 5) is 28.7. The van der Waals surface area contributed by atoms with Crippen LogP contribution in [-0.4, -0.2) is 23.4 Å². The van der Waals surface area contributed by atoms with E-state index < -0.39 is 6.04 Å². The van der Waals surface area contributed by atoms with Crippen LogP contribution in [-0.2, 0) is 4.79 Å². The number of nitrogens with one attached hydrogen (secondary N) is 2. The Hall–Kier alpha value is -3.13. The fourth-order valence-electron chi connectivity index (χ4n) is 3.37. The molecule has 9 heteroatoms. The quantitative estimate of drug-likeness (QED) is 0.503. The van der Waals surface area contributed by atoms with Crippen LogP contribution in [0.2, 0.25) is 0 Å². The van der Waals surface area contributed by atoms with Gasteiger partial charge in [-0.3, -0.25) is 14.6 Å². The summed E-state index contributed by atoms with van der Waals surface area (Å²) >= 11 is 0. The highest BCUT2D eigenvalue weighted by atomic mass is 35.5. The van der Waals surface area contributed by atoms with Crippen LogP contribution >= 0.6 is 24.8 Å². The number of aromatic nitrogens is 1. The predicted molar refractivity (Wildman–Crippen MR) is 127 cm³/mol. The number of halogens is 2. The van der Waals surface area contributed by atoms with Gasteiger partial charge in [0.1, 0.15) is 12.4 Å². The second-order valence-corrected chi connectivity index (χ2v) is 7.09. The van der Waals surface area contributed by atoms with E-state index in [9.17, 15) is 9.59 Å². The normalized spacial score (nSPS) is 14.6. The number of benzene rings is 2. The number of pyridine rings is 1. The fourth-order valence-corrected chi connectivity index (χ4v) is 3.37. The van der Waals surface area contributed by atoms with Crippen LogP contribution < -0.4 is 21.1 Å². The van der Waals surface area contributed by atoms with E-state index in [2.05, 4.69) is 15.6 Å². The minimum absolute atomic E-state index is 0. The molecule has 168 valence electrons. The second-order valence-electron chi connectivity index (χ2n) is 7.09. The first-order chi connectivity index (χ1) is 14.6. The molecular formula is C23H24Cl2N4O3. The third-order valence-corrected chi connectivity index (χ3v) is 4.98. The second kappa shape index (κ2) is 11.5. The molecular weight excluding hydrogens is 451 g/mol. The van der Waals surface area contributed by atoms with E-state index in [1.54, 1.807) is 48.8 Å². The minimum atomic E-state index is -0.472. The lowest BCUT2D eigenvalue weighted by Crippen LogP contribution is -2.31. The molecule has 0 bridgehead atoms. The molecule has 1 aliphatic rings. The summed E-state index contributed by atoms with van der Waals surface area (Å²) in [5, 5.41) is 5.78. The molecule has 2 heterocycles. The number of hydrogen-bond acceptors (Lipinski definition) is 5. The Morgan fingerprint density at radius 1 is 1.03 bits per heavy atom. The van der Waals surface area contributed by atoms with Crippen LogP contribution in [0, 0.1) is 0 Å². The molecule has 0 fully saturated rings. The first-order valence-corrected chi connectivity index (χ1v) is 9.68. The van der Waals surface area contributed by atoms with Crippen LogP contribution in [0.25, 0.3) is 0 Å². The van der Waals surface area contributed by atoms with Gasteiger partial charge < -0.3 is 21.1 Å². The summed E-state index contributed by atoms with van der Waals surface area (Å²) in [7, 11) is 0. The molecule has 3 aromatic rings. The summed E-state index contributed by atoms with van der Waals surface area (Å²) in [5.74, 6) is 0.430. The maximum absolute atomic E-state index is 12.5. The lowest BCUT2D eigenvalue weighted by atomic mass is 10.0. The summed E-state index contributed by atoms with van der Waals surface area (Å²) in [6, 6.07) is 17.4. The first-order valence-electron chi connectivity index (χ1n) is 9.68. The number of ether oxygens (including phenoxy) is 1. The minimum Gasteiger partial charge on any atom is -0.491 e. The van der Waals surface area contributed by atoms with Crippen molar-refractivity contribution in [2.45, 2.75) is 18.5 Å². The van der Waals surface area contributed by atoms with Gasteiger partial charge in [-0.15, -0.1) is 24.8 Å². The van der Waals surface area contributed by atoms with Crippen molar-refractivity contribution in [1.29, 1.82) is 0 Å². The third kappa shape index (κ3) is 5.97. The Morgan fingerprint density at radius 3 is 2.44 bits per heavy atom. The summed E-state index contributed by atoms with van der Waals surface area (Å²) < 4.78 is 5.59. The van der Waals surface area contributed by atoms with Gasteiger partial charge in [-0.05, 0) is 35.9 Å². The summed E-state index contributed by atoms with van der Waals surface area (Å²) in [5.41, 5.74) is 9.15. The maximum atomic E-state index is 12.5. The predicted octanol–water partition coefficient (Wildman–Crippen LogP) is 3.82. The Morgan fingerprint density at radius 2 is 1.72 bits per heavy atom. The lowest BCUT2D eigenvalue weighted by molar-refractivity contribution is -0.122. The van der Waals surface area contributed by atoms with Gasteiger partial charge in [0, 0.05) is 41.7 Å². The molecule has 0 saturated carbocycles. The monoisotopic (exact) mass is 474 g/mol. The van der Waals surface area contributed by atoms with Gasteiger partial charge in [0.25, 0.3) is 5.91 Å². The van der Waals surface area contributed by atoms with E-state index in [-0.39, 0.29) is 49.1 Å². The van der Waals surface area contributed by atoms with Gasteiger partial charge in [-0.1, -0.05) is 30.3 Å². The lowest BCUT2D eigenvalue weighted by Gasteiger charge is -2.16. The average molecular weight is 475 g/mol. The molecule has 1 aromatic heterocycles. The number of nitrogens with two attached hydrogens (primary N) is 1. The van der Waals surface area contributed by atoms with E-state index in [4.69, 9.17) is 10.5 Å². The Balaban J connectivity index is 0.00000181. The molecule has 0 radical (unpaired) electrons. The number of fused-ring (bicyclic) bond motifs is 1. The summed E-state index contributed by atoms with van der Waals surface area (Å²) in [6.07, 6.45) is 3.36. The van der Waals surface area contributed by atoms with Gasteiger partial charge in [0.15, 0.2) is 0 Å². The van der Waals surface area contributed by atoms with Crippen LogP contribution in [0.3, 0.4) is 0 Å². The van der Waals surface area contributed by atoms with Crippen LogP contribution in [0.15, 0.2) is 73.1 Å². The zero-order valence-corrected chi connectivity index (χ0v) is 18.7. The zero-order chi connectivity index (χ0) is 20.9.